The SMILES string of the molecule is CC(C)(C)OC(=O)NCCCCCCCCN.C[C@@H]1CN(c2ccc(-c3ccc(C(=O)CCCCCCCCCN)cc3F)cc2NC(=O)c2c[nH]c(=O)cc2C(F)(F)F)C[C@H](C)N1C.C[C@@H]1CN(c2ccc(-c3ccc(C(=O)O)cc3F)cc2NC(=O)c2c[nH]c(=O)cc2C(F)(F)F)C[C@H](C)N1C. The molecule has 2 saturated heterocycles. The van der Waals surface area contributed by atoms with Gasteiger partial charge in [0.1, 0.15) is 17.2 Å². The van der Waals surface area contributed by atoms with E-state index < -0.39 is 80.7 Å². The number of aromatic amines is 2. The summed E-state index contributed by atoms with van der Waals surface area (Å²) in [7, 11) is 3.99. The number of alkyl halides is 6. The predicted octanol–water partition coefficient (Wildman–Crippen LogP) is 14.7. The van der Waals surface area contributed by atoms with Gasteiger partial charge in [-0.1, -0.05) is 88.1 Å². The zero-order valence-electron chi connectivity index (χ0n) is 60.6. The number of hydrogen-bond acceptors (Lipinski definition) is 14. The van der Waals surface area contributed by atoms with E-state index in [-0.39, 0.29) is 75.2 Å². The van der Waals surface area contributed by atoms with Crippen LogP contribution in [0.2, 0.25) is 0 Å². The quantitative estimate of drug-likeness (QED) is 0.0135. The number of carboxylic acid groups (broad SMARTS) is 1. The summed E-state index contributed by atoms with van der Waals surface area (Å²) in [4.78, 5) is 97.7. The molecule has 0 radical (unpaired) electrons. The topological polar surface area (TPSA) is 282 Å². The molecule has 104 heavy (non-hydrogen) atoms. The van der Waals surface area contributed by atoms with E-state index >= 15 is 4.39 Å². The van der Waals surface area contributed by atoms with Crippen molar-refractivity contribution < 1.29 is 68.9 Å². The number of alkyl carbamates (subject to hydrolysis) is 1. The number of ether oxygens (including phenoxy) is 1. The van der Waals surface area contributed by atoms with Crippen LogP contribution in [-0.4, -0.2) is 144 Å². The summed E-state index contributed by atoms with van der Waals surface area (Å²) in [5.41, 5.74) is 6.49. The third-order valence-corrected chi connectivity index (χ3v) is 18.4. The first-order chi connectivity index (χ1) is 49.0. The standard InChI is InChI=1S/C36H45F4N5O3.C27H26F4N4O4.C13H28N2O2/c1-23-21-45(22-24(2)44(23)3)32-15-13-25(18-31(32)43-35(48)28-20-42-34(47)19-29(28)36(38,39)40)27-14-12-26(17-30(27)37)33(46)11-9-7-5-4-6-8-10-16-41;1-14-12-35(13-15(2)34(14)3)23-7-5-16(18-6-4-17(26(38)39)8-21(18)28)9-22(23)33-25(37)19-11-32-24(36)10-20(19)27(29,30)31;1-13(2,3)17-12(16)15-11-9-7-5-4-6-8-10-14/h12-15,17-20,23-24H,4-11,16,21-22,41H2,1-3H3,(H,42,47)(H,43,48);4-11,14-15H,12-13H2,1-3H3,(H,32,36)(H,33,37)(H,38,39);4-11,14H2,1-3H3,(H,15,16)/t23-,24+;14-,15+;. The van der Waals surface area contributed by atoms with E-state index in [4.69, 9.17) is 21.3 Å². The van der Waals surface area contributed by atoms with Gasteiger partial charge in [0, 0.05) is 105 Å². The minimum Gasteiger partial charge on any atom is -0.478 e. The maximum atomic E-state index is 15.5. The molecule has 4 heterocycles. The number of carbonyl (C=O) groups excluding carboxylic acids is 4. The second-order valence-electron chi connectivity index (χ2n) is 27.6. The van der Waals surface area contributed by atoms with Gasteiger partial charge in [0.2, 0.25) is 11.1 Å². The second kappa shape index (κ2) is 38.7. The van der Waals surface area contributed by atoms with Gasteiger partial charge in [-0.3, -0.25) is 33.8 Å². The number of rotatable bonds is 27. The van der Waals surface area contributed by atoms with Crippen molar-refractivity contribution in [2.75, 3.05) is 80.3 Å². The number of carboxylic acids is 1. The lowest BCUT2D eigenvalue weighted by Gasteiger charge is -2.44. The summed E-state index contributed by atoms with van der Waals surface area (Å²) in [6.45, 7) is 18.2. The Kier molecular flexibility index (Phi) is 31.2. The Bertz CT molecular complexity index is 3980. The van der Waals surface area contributed by atoms with E-state index in [1.54, 1.807) is 30.3 Å². The molecule has 2 aliphatic heterocycles. The molecule has 10 N–H and O–H groups in total. The van der Waals surface area contributed by atoms with Crippen LogP contribution in [0, 0.1) is 11.6 Å². The average molecular weight is 1460 g/mol. The van der Waals surface area contributed by atoms with Crippen molar-refractivity contribution >= 4 is 52.4 Å². The molecule has 8 rings (SSSR count). The maximum absolute atomic E-state index is 15.5. The van der Waals surface area contributed by atoms with Crippen molar-refractivity contribution in [2.24, 2.45) is 11.5 Å². The monoisotopic (exact) mass is 1460 g/mol. The van der Waals surface area contributed by atoms with Gasteiger partial charge in [-0.15, -0.1) is 0 Å². The molecule has 0 saturated carbocycles. The number of piperazine rings is 2. The largest absolute Gasteiger partial charge is 0.478 e. The van der Waals surface area contributed by atoms with Crippen LogP contribution in [0.1, 0.15) is 191 Å². The van der Waals surface area contributed by atoms with E-state index in [2.05, 4.69) is 35.7 Å². The van der Waals surface area contributed by atoms with Gasteiger partial charge in [0.25, 0.3) is 11.8 Å². The number of hydrogen-bond donors (Lipinski definition) is 8. The molecule has 0 bridgehead atoms. The van der Waals surface area contributed by atoms with E-state index in [0.717, 1.165) is 83.0 Å². The Morgan fingerprint density at radius 1 is 0.529 bits per heavy atom. The summed E-state index contributed by atoms with van der Waals surface area (Å²) < 4.78 is 118. The van der Waals surface area contributed by atoms with Crippen molar-refractivity contribution in [3.63, 3.8) is 0 Å². The summed E-state index contributed by atoms with van der Waals surface area (Å²) in [5.74, 6) is -5.09. The Morgan fingerprint density at radius 2 is 0.904 bits per heavy atom. The molecule has 2 fully saturated rings. The van der Waals surface area contributed by atoms with E-state index in [1.807, 2.05) is 72.4 Å². The molecule has 2 aromatic heterocycles. The van der Waals surface area contributed by atoms with Crippen LogP contribution < -0.4 is 48.3 Å². The number of Topliss-reactive ketones (excluding diaryl/α,β-unsaturated/α-hetero) is 1. The summed E-state index contributed by atoms with van der Waals surface area (Å²) in [6, 6.07) is 18.4. The first kappa shape index (κ1) is 84.0. The highest BCUT2D eigenvalue weighted by atomic mass is 19.4. The summed E-state index contributed by atoms with van der Waals surface area (Å²) >= 11 is 0. The number of nitrogens with zero attached hydrogens (tertiary/aromatic N) is 4. The number of amides is 3. The number of unbranched alkanes of at least 4 members (excludes halogenated alkanes) is 11. The number of pyridine rings is 2. The minimum absolute atomic E-state index is 0.0437. The van der Waals surface area contributed by atoms with Gasteiger partial charge >= 0.3 is 24.4 Å². The number of nitrogens with two attached hydrogens (primary N) is 2. The van der Waals surface area contributed by atoms with Gasteiger partial charge in [-0.05, 0) is 155 Å². The first-order valence-electron chi connectivity index (χ1n) is 35.2. The normalized spacial score (nSPS) is 16.5. The molecular formula is C76H99F8N11O9. The Hall–Kier alpha value is -8.99. The van der Waals surface area contributed by atoms with Crippen molar-refractivity contribution in [1.29, 1.82) is 0 Å². The Balaban J connectivity index is 0.000000271. The number of H-pyrrole nitrogens is 2. The van der Waals surface area contributed by atoms with Crippen LogP contribution in [0.4, 0.5) is 62.7 Å². The number of likely N-dealkylation sites (N-methyl/N-ethyl adjacent to an activating group) is 2. The second-order valence-corrected chi connectivity index (χ2v) is 27.6. The first-order valence-corrected chi connectivity index (χ1v) is 35.2. The van der Waals surface area contributed by atoms with Gasteiger partial charge in [0.15, 0.2) is 5.78 Å². The predicted molar refractivity (Wildman–Crippen MR) is 390 cm³/mol. The highest BCUT2D eigenvalue weighted by molar-refractivity contribution is 6.08. The highest BCUT2D eigenvalue weighted by Gasteiger charge is 2.38. The molecule has 3 amide bonds. The number of aromatic carboxylic acids is 1. The summed E-state index contributed by atoms with van der Waals surface area (Å²) in [6.07, 6.45) is 5.54. The van der Waals surface area contributed by atoms with E-state index in [0.29, 0.717) is 81.0 Å². The molecule has 28 heteroatoms. The van der Waals surface area contributed by atoms with Crippen LogP contribution >= 0.6 is 0 Å². The van der Waals surface area contributed by atoms with Gasteiger partial charge < -0.3 is 57.0 Å². The fourth-order valence-corrected chi connectivity index (χ4v) is 12.3. The molecule has 4 aromatic carbocycles. The molecule has 0 spiro atoms. The van der Waals surface area contributed by atoms with Crippen LogP contribution in [0.15, 0.2) is 107 Å². The van der Waals surface area contributed by atoms with Crippen LogP contribution in [0.5, 0.6) is 0 Å². The molecule has 6 aromatic rings. The van der Waals surface area contributed by atoms with Gasteiger partial charge in [0.05, 0.1) is 50.6 Å². The number of halogens is 8. The molecule has 4 atom stereocenters. The molecular weight excluding hydrogens is 1360 g/mol. The molecule has 0 aliphatic carbocycles. The Labute approximate surface area is 601 Å². The maximum Gasteiger partial charge on any atom is 0.417 e. The molecule has 0 unspecified atom stereocenters. The lowest BCUT2D eigenvalue weighted by molar-refractivity contribution is -0.138. The third kappa shape index (κ3) is 24.8. The van der Waals surface area contributed by atoms with E-state index in [1.165, 1.54) is 55.7 Å². The van der Waals surface area contributed by atoms with Crippen molar-refractivity contribution in [3.05, 3.63) is 163 Å². The average Bonchev–Trinajstić information content (AvgIpc) is 0.785. The van der Waals surface area contributed by atoms with Gasteiger partial charge in [-0.25, -0.2) is 18.4 Å². The van der Waals surface area contributed by atoms with Gasteiger partial charge in [-0.2, -0.15) is 26.3 Å². The number of benzene rings is 4. The molecule has 20 nitrogen and oxygen atoms in total. The smallest absolute Gasteiger partial charge is 0.417 e. The molecule has 2 aliphatic rings. The van der Waals surface area contributed by atoms with Crippen molar-refractivity contribution in [1.82, 2.24) is 25.1 Å². The number of aromatic nitrogens is 2. The number of ketones is 1. The number of anilines is 4. The van der Waals surface area contributed by atoms with Crippen molar-refractivity contribution in [3.8, 4) is 22.3 Å². The summed E-state index contributed by atoms with van der Waals surface area (Å²) in [5, 5.41) is 17.0. The minimum atomic E-state index is -4.96. The van der Waals surface area contributed by atoms with Crippen LogP contribution in [0.25, 0.3) is 22.3 Å². The lowest BCUT2D eigenvalue weighted by Crippen LogP contribution is -2.55. The number of carbonyl (C=O) groups is 5. The molecule has 568 valence electrons. The van der Waals surface area contributed by atoms with E-state index in [9.17, 15) is 64.3 Å². The zero-order valence-corrected chi connectivity index (χ0v) is 60.6. The van der Waals surface area contributed by atoms with Crippen LogP contribution in [-0.2, 0) is 17.1 Å². The fraction of sp³-hybridized carbons (Fsp3) is 0.487. The third-order valence-electron chi connectivity index (χ3n) is 18.4. The highest BCUT2D eigenvalue weighted by Crippen LogP contribution is 2.39. The lowest BCUT2D eigenvalue weighted by atomic mass is 9.98. The van der Waals surface area contributed by atoms with Crippen LogP contribution in [0.3, 0.4) is 0 Å². The van der Waals surface area contributed by atoms with Crippen molar-refractivity contribution in [2.45, 2.75) is 180 Å². The number of nitrogens with one attached hydrogen (secondary N) is 5. The zero-order chi connectivity index (χ0) is 76.8. The fourth-order valence-electron chi connectivity index (χ4n) is 12.3. The Morgan fingerprint density at radius 3 is 1.28 bits per heavy atom.